The van der Waals surface area contributed by atoms with Gasteiger partial charge in [0.1, 0.15) is 11.6 Å². The molecule has 0 bridgehead atoms. The number of hydrogen-bond acceptors (Lipinski definition) is 2. The van der Waals surface area contributed by atoms with Gasteiger partial charge in [0.15, 0.2) is 0 Å². The number of carbonyl (C=O) groups is 2. The lowest BCUT2D eigenvalue weighted by Crippen LogP contribution is -2.16. The van der Waals surface area contributed by atoms with Gasteiger partial charge >= 0.3 is 0 Å². The molecule has 0 amide bonds. The van der Waals surface area contributed by atoms with Crippen molar-refractivity contribution in [2.24, 2.45) is 11.8 Å². The SMILES string of the molecule is CC(C)C(=O)CC1CCCC1=O. The van der Waals surface area contributed by atoms with Crippen molar-refractivity contribution in [3.05, 3.63) is 0 Å². The van der Waals surface area contributed by atoms with E-state index in [1.165, 1.54) is 0 Å². The fraction of sp³-hybridized carbons (Fsp3) is 0.800. The van der Waals surface area contributed by atoms with Crippen LogP contribution in [-0.2, 0) is 9.59 Å². The third kappa shape index (κ3) is 2.16. The van der Waals surface area contributed by atoms with Crippen LogP contribution in [0.15, 0.2) is 0 Å². The highest BCUT2D eigenvalue weighted by Gasteiger charge is 2.26. The van der Waals surface area contributed by atoms with E-state index in [0.29, 0.717) is 18.6 Å². The summed E-state index contributed by atoms with van der Waals surface area (Å²) in [5, 5.41) is 0. The van der Waals surface area contributed by atoms with Gasteiger partial charge in [-0.3, -0.25) is 9.59 Å². The maximum Gasteiger partial charge on any atom is 0.136 e. The van der Waals surface area contributed by atoms with E-state index in [4.69, 9.17) is 0 Å². The Morgan fingerprint density at radius 3 is 2.67 bits per heavy atom. The first-order valence-corrected chi connectivity index (χ1v) is 4.66. The molecule has 1 atom stereocenters. The molecule has 0 aromatic carbocycles. The average Bonchev–Trinajstić information content (AvgIpc) is 2.36. The molecule has 1 aliphatic carbocycles. The van der Waals surface area contributed by atoms with Gasteiger partial charge in [0.05, 0.1) is 0 Å². The monoisotopic (exact) mass is 168 g/mol. The molecule has 1 fully saturated rings. The van der Waals surface area contributed by atoms with Gasteiger partial charge in [0.2, 0.25) is 0 Å². The molecular formula is C10H16O2. The van der Waals surface area contributed by atoms with E-state index >= 15 is 0 Å². The fourth-order valence-corrected chi connectivity index (χ4v) is 1.58. The molecule has 0 radical (unpaired) electrons. The molecule has 2 heteroatoms. The molecule has 0 spiro atoms. The van der Waals surface area contributed by atoms with Gasteiger partial charge in [-0.2, -0.15) is 0 Å². The smallest absolute Gasteiger partial charge is 0.136 e. The second-order valence-corrected chi connectivity index (χ2v) is 3.88. The molecular weight excluding hydrogens is 152 g/mol. The Morgan fingerprint density at radius 2 is 2.25 bits per heavy atom. The molecule has 0 aromatic heterocycles. The molecule has 0 aliphatic heterocycles. The first-order valence-electron chi connectivity index (χ1n) is 4.66. The topological polar surface area (TPSA) is 34.1 Å². The van der Waals surface area contributed by atoms with Gasteiger partial charge in [-0.25, -0.2) is 0 Å². The van der Waals surface area contributed by atoms with Crippen molar-refractivity contribution in [3.8, 4) is 0 Å². The Balaban J connectivity index is 2.40. The number of rotatable bonds is 3. The Kier molecular flexibility index (Phi) is 3.01. The number of Topliss-reactive ketones (excluding diaryl/α,β-unsaturated/α-hetero) is 2. The van der Waals surface area contributed by atoms with Crippen LogP contribution in [0.4, 0.5) is 0 Å². The van der Waals surface area contributed by atoms with Crippen LogP contribution in [0.1, 0.15) is 39.5 Å². The van der Waals surface area contributed by atoms with Gasteiger partial charge in [0.25, 0.3) is 0 Å². The van der Waals surface area contributed by atoms with Crippen molar-refractivity contribution in [1.29, 1.82) is 0 Å². The highest BCUT2D eigenvalue weighted by molar-refractivity contribution is 5.89. The van der Waals surface area contributed by atoms with Crippen LogP contribution >= 0.6 is 0 Å². The predicted octanol–water partition coefficient (Wildman–Crippen LogP) is 1.97. The molecule has 1 rings (SSSR count). The Bertz CT molecular complexity index is 194. The lowest BCUT2D eigenvalue weighted by molar-refractivity contribution is -0.127. The Morgan fingerprint density at radius 1 is 1.58 bits per heavy atom. The standard InChI is InChI=1S/C10H16O2/c1-7(2)10(12)6-8-4-3-5-9(8)11/h7-8H,3-6H2,1-2H3. The van der Waals surface area contributed by atoms with Crippen LogP contribution in [-0.4, -0.2) is 11.6 Å². The van der Waals surface area contributed by atoms with E-state index in [2.05, 4.69) is 0 Å². The number of hydrogen-bond donors (Lipinski definition) is 0. The number of ketones is 2. The summed E-state index contributed by atoms with van der Waals surface area (Å²) in [6.45, 7) is 3.78. The zero-order valence-electron chi connectivity index (χ0n) is 7.80. The average molecular weight is 168 g/mol. The summed E-state index contributed by atoms with van der Waals surface area (Å²) in [5.41, 5.74) is 0. The normalized spacial score (nSPS) is 23.6. The summed E-state index contributed by atoms with van der Waals surface area (Å²) in [4.78, 5) is 22.5. The summed E-state index contributed by atoms with van der Waals surface area (Å²) in [6, 6.07) is 0. The predicted molar refractivity (Wildman–Crippen MR) is 46.8 cm³/mol. The largest absolute Gasteiger partial charge is 0.299 e. The minimum atomic E-state index is 0.0555. The third-order valence-corrected chi connectivity index (χ3v) is 2.52. The maximum atomic E-state index is 11.3. The fourth-order valence-electron chi connectivity index (χ4n) is 1.58. The molecule has 0 N–H and O–H groups in total. The summed E-state index contributed by atoms with van der Waals surface area (Å²) in [6.07, 6.45) is 3.08. The summed E-state index contributed by atoms with van der Waals surface area (Å²) in [5.74, 6) is 0.664. The highest BCUT2D eigenvalue weighted by atomic mass is 16.1. The van der Waals surface area contributed by atoms with Crippen LogP contribution in [0.5, 0.6) is 0 Å². The van der Waals surface area contributed by atoms with Crippen molar-refractivity contribution >= 4 is 11.6 Å². The molecule has 68 valence electrons. The van der Waals surface area contributed by atoms with Crippen molar-refractivity contribution in [3.63, 3.8) is 0 Å². The van der Waals surface area contributed by atoms with E-state index in [9.17, 15) is 9.59 Å². The van der Waals surface area contributed by atoms with Crippen molar-refractivity contribution in [2.45, 2.75) is 39.5 Å². The lowest BCUT2D eigenvalue weighted by Gasteiger charge is -2.08. The van der Waals surface area contributed by atoms with Crippen LogP contribution in [0, 0.1) is 11.8 Å². The van der Waals surface area contributed by atoms with Crippen molar-refractivity contribution in [2.75, 3.05) is 0 Å². The molecule has 2 nitrogen and oxygen atoms in total. The van der Waals surface area contributed by atoms with Crippen molar-refractivity contribution < 1.29 is 9.59 Å². The molecule has 0 aromatic rings. The molecule has 1 saturated carbocycles. The summed E-state index contributed by atoms with van der Waals surface area (Å²) in [7, 11) is 0. The van der Waals surface area contributed by atoms with Gasteiger partial charge in [-0.15, -0.1) is 0 Å². The second-order valence-electron chi connectivity index (χ2n) is 3.88. The lowest BCUT2D eigenvalue weighted by atomic mass is 9.95. The van der Waals surface area contributed by atoms with Crippen LogP contribution in [0.3, 0.4) is 0 Å². The quantitative estimate of drug-likeness (QED) is 0.645. The van der Waals surface area contributed by atoms with E-state index in [0.717, 1.165) is 12.8 Å². The van der Waals surface area contributed by atoms with Crippen molar-refractivity contribution in [1.82, 2.24) is 0 Å². The zero-order valence-corrected chi connectivity index (χ0v) is 7.80. The maximum absolute atomic E-state index is 11.3. The molecule has 0 heterocycles. The van der Waals surface area contributed by atoms with E-state index in [-0.39, 0.29) is 17.6 Å². The first-order chi connectivity index (χ1) is 5.61. The van der Waals surface area contributed by atoms with Gasteiger partial charge in [0, 0.05) is 24.7 Å². The molecule has 0 saturated heterocycles. The minimum absolute atomic E-state index is 0.0555. The minimum Gasteiger partial charge on any atom is -0.299 e. The number of carbonyl (C=O) groups excluding carboxylic acids is 2. The second kappa shape index (κ2) is 3.83. The zero-order chi connectivity index (χ0) is 9.14. The van der Waals surface area contributed by atoms with E-state index in [1.54, 1.807) is 0 Å². The Labute approximate surface area is 73.3 Å². The summed E-state index contributed by atoms with van der Waals surface area (Å²) < 4.78 is 0. The van der Waals surface area contributed by atoms with Gasteiger partial charge in [-0.1, -0.05) is 13.8 Å². The first kappa shape index (κ1) is 9.43. The van der Waals surface area contributed by atoms with Gasteiger partial charge in [-0.05, 0) is 12.8 Å². The molecule has 12 heavy (non-hydrogen) atoms. The Hall–Kier alpha value is -0.660. The third-order valence-electron chi connectivity index (χ3n) is 2.52. The summed E-state index contributed by atoms with van der Waals surface area (Å²) >= 11 is 0. The van der Waals surface area contributed by atoms with Crippen LogP contribution in [0.2, 0.25) is 0 Å². The highest BCUT2D eigenvalue weighted by Crippen LogP contribution is 2.25. The van der Waals surface area contributed by atoms with Gasteiger partial charge < -0.3 is 0 Å². The van der Waals surface area contributed by atoms with Crippen LogP contribution < -0.4 is 0 Å². The van der Waals surface area contributed by atoms with E-state index in [1.807, 2.05) is 13.8 Å². The molecule has 1 unspecified atom stereocenters. The van der Waals surface area contributed by atoms with Crippen LogP contribution in [0.25, 0.3) is 0 Å². The van der Waals surface area contributed by atoms with E-state index < -0.39 is 0 Å². The molecule has 1 aliphatic rings.